The van der Waals surface area contributed by atoms with Crippen LogP contribution in [0, 0.1) is 0 Å². The van der Waals surface area contributed by atoms with E-state index in [2.05, 4.69) is 42.6 Å². The van der Waals surface area contributed by atoms with Crippen molar-refractivity contribution < 1.29 is 4.42 Å². The van der Waals surface area contributed by atoms with Gasteiger partial charge in [-0.05, 0) is 31.0 Å². The second-order valence-electron chi connectivity index (χ2n) is 4.25. The van der Waals surface area contributed by atoms with E-state index in [1.165, 1.54) is 11.1 Å². The van der Waals surface area contributed by atoms with E-state index in [0.717, 1.165) is 19.4 Å². The van der Waals surface area contributed by atoms with E-state index in [4.69, 9.17) is 4.42 Å². The molecule has 17 heavy (non-hydrogen) atoms. The van der Waals surface area contributed by atoms with Gasteiger partial charge in [0.05, 0.1) is 12.5 Å². The van der Waals surface area contributed by atoms with Gasteiger partial charge in [0.1, 0.15) is 0 Å². The molecule has 0 fully saturated rings. The molecule has 2 rings (SSSR count). The third-order valence-corrected chi connectivity index (χ3v) is 2.87. The molecule has 2 heteroatoms. The maximum absolute atomic E-state index is 5.17. The summed E-state index contributed by atoms with van der Waals surface area (Å²) in [5, 5.41) is 3.56. The number of hydrogen-bond donors (Lipinski definition) is 1. The van der Waals surface area contributed by atoms with E-state index >= 15 is 0 Å². The van der Waals surface area contributed by atoms with Crippen LogP contribution in [0.3, 0.4) is 0 Å². The Bertz CT molecular complexity index is 408. The van der Waals surface area contributed by atoms with Crippen LogP contribution in [0.25, 0.3) is 0 Å². The number of nitrogens with one attached hydrogen (secondary N) is 1. The molecule has 1 N–H and O–H groups in total. The topological polar surface area (TPSA) is 25.2 Å². The Morgan fingerprint density at radius 3 is 2.65 bits per heavy atom. The normalized spacial score (nSPS) is 12.5. The minimum atomic E-state index is 0.344. The zero-order valence-electron chi connectivity index (χ0n) is 10.2. The smallest absolute Gasteiger partial charge is 0.0950 e. The van der Waals surface area contributed by atoms with Gasteiger partial charge in [-0.3, -0.25) is 0 Å². The summed E-state index contributed by atoms with van der Waals surface area (Å²) in [7, 11) is 0. The summed E-state index contributed by atoms with van der Waals surface area (Å²) in [6.45, 7) is 3.21. The molecule has 90 valence electrons. The highest BCUT2D eigenvalue weighted by Gasteiger charge is 2.12. The minimum Gasteiger partial charge on any atom is -0.472 e. The lowest BCUT2D eigenvalue weighted by Crippen LogP contribution is -2.23. The molecule has 2 aromatic rings. The van der Waals surface area contributed by atoms with Crippen molar-refractivity contribution in [2.75, 3.05) is 6.54 Å². The van der Waals surface area contributed by atoms with Gasteiger partial charge in [-0.1, -0.05) is 37.3 Å². The van der Waals surface area contributed by atoms with E-state index < -0.39 is 0 Å². The van der Waals surface area contributed by atoms with Crippen LogP contribution in [-0.2, 0) is 6.42 Å². The van der Waals surface area contributed by atoms with Crippen LogP contribution in [0.2, 0.25) is 0 Å². The second kappa shape index (κ2) is 6.26. The van der Waals surface area contributed by atoms with Crippen molar-refractivity contribution in [2.24, 2.45) is 0 Å². The van der Waals surface area contributed by atoms with Crippen molar-refractivity contribution in [1.82, 2.24) is 5.32 Å². The summed E-state index contributed by atoms with van der Waals surface area (Å²) >= 11 is 0. The molecule has 1 unspecified atom stereocenters. The van der Waals surface area contributed by atoms with E-state index in [1.807, 2.05) is 12.3 Å². The summed E-state index contributed by atoms with van der Waals surface area (Å²) in [4.78, 5) is 0. The van der Waals surface area contributed by atoms with Crippen LogP contribution in [0.1, 0.15) is 30.5 Å². The van der Waals surface area contributed by atoms with Crippen LogP contribution >= 0.6 is 0 Å². The summed E-state index contributed by atoms with van der Waals surface area (Å²) in [5.74, 6) is 0. The van der Waals surface area contributed by atoms with Crippen molar-refractivity contribution in [1.29, 1.82) is 0 Å². The minimum absolute atomic E-state index is 0.344. The third kappa shape index (κ3) is 3.46. The molecule has 0 aliphatic rings. The fourth-order valence-corrected chi connectivity index (χ4v) is 1.95. The lowest BCUT2D eigenvalue weighted by molar-refractivity contribution is 0.512. The number of rotatable bonds is 6. The largest absolute Gasteiger partial charge is 0.472 e. The zero-order chi connectivity index (χ0) is 11.9. The zero-order valence-corrected chi connectivity index (χ0v) is 10.2. The Morgan fingerprint density at radius 2 is 2.00 bits per heavy atom. The van der Waals surface area contributed by atoms with Gasteiger partial charge < -0.3 is 9.73 Å². The lowest BCUT2D eigenvalue weighted by Gasteiger charge is -2.17. The average molecular weight is 229 g/mol. The number of furan rings is 1. The predicted octanol–water partition coefficient (Wildman–Crippen LogP) is 3.56. The van der Waals surface area contributed by atoms with Crippen LogP contribution in [0.15, 0.2) is 53.3 Å². The molecule has 1 aromatic carbocycles. The van der Waals surface area contributed by atoms with Crippen molar-refractivity contribution >= 4 is 0 Å². The fourth-order valence-electron chi connectivity index (χ4n) is 1.95. The first kappa shape index (κ1) is 11.9. The molecule has 0 radical (unpaired) electrons. The molecule has 1 heterocycles. The molecule has 0 spiro atoms. The van der Waals surface area contributed by atoms with Gasteiger partial charge in [0, 0.05) is 11.6 Å². The van der Waals surface area contributed by atoms with Crippen molar-refractivity contribution in [2.45, 2.75) is 25.8 Å². The molecule has 0 saturated heterocycles. The molecule has 1 atom stereocenters. The van der Waals surface area contributed by atoms with E-state index in [1.54, 1.807) is 6.26 Å². The van der Waals surface area contributed by atoms with Gasteiger partial charge in [-0.15, -0.1) is 0 Å². The van der Waals surface area contributed by atoms with Crippen molar-refractivity contribution in [3.8, 4) is 0 Å². The van der Waals surface area contributed by atoms with E-state index in [9.17, 15) is 0 Å². The summed E-state index contributed by atoms with van der Waals surface area (Å²) in [6, 6.07) is 12.9. The summed E-state index contributed by atoms with van der Waals surface area (Å²) in [5.41, 5.74) is 2.57. The molecular formula is C15H19NO. The van der Waals surface area contributed by atoms with Crippen molar-refractivity contribution in [3.05, 3.63) is 60.1 Å². The van der Waals surface area contributed by atoms with Gasteiger partial charge in [-0.2, -0.15) is 0 Å². The van der Waals surface area contributed by atoms with Gasteiger partial charge in [0.25, 0.3) is 0 Å². The maximum atomic E-state index is 5.17. The van der Waals surface area contributed by atoms with Gasteiger partial charge in [0.2, 0.25) is 0 Å². The first-order valence-corrected chi connectivity index (χ1v) is 6.19. The highest BCUT2D eigenvalue weighted by atomic mass is 16.3. The molecule has 0 aliphatic heterocycles. The molecular weight excluding hydrogens is 210 g/mol. The van der Waals surface area contributed by atoms with Gasteiger partial charge in [0.15, 0.2) is 0 Å². The Kier molecular flexibility index (Phi) is 4.39. The Balaban J connectivity index is 2.06. The van der Waals surface area contributed by atoms with E-state index in [-0.39, 0.29) is 0 Å². The molecule has 2 nitrogen and oxygen atoms in total. The number of benzene rings is 1. The second-order valence-corrected chi connectivity index (χ2v) is 4.25. The summed E-state index contributed by atoms with van der Waals surface area (Å²) < 4.78 is 5.17. The first-order valence-electron chi connectivity index (χ1n) is 6.19. The fraction of sp³-hybridized carbons (Fsp3) is 0.333. The van der Waals surface area contributed by atoms with E-state index in [0.29, 0.717) is 6.04 Å². The first-order chi connectivity index (χ1) is 8.40. The molecule has 0 aliphatic carbocycles. The number of hydrogen-bond acceptors (Lipinski definition) is 2. The third-order valence-electron chi connectivity index (χ3n) is 2.87. The van der Waals surface area contributed by atoms with Gasteiger partial charge >= 0.3 is 0 Å². The van der Waals surface area contributed by atoms with Crippen LogP contribution in [-0.4, -0.2) is 6.54 Å². The van der Waals surface area contributed by atoms with Crippen molar-refractivity contribution in [3.63, 3.8) is 0 Å². The summed E-state index contributed by atoms with van der Waals surface area (Å²) in [6.07, 6.45) is 5.71. The van der Waals surface area contributed by atoms with Crippen LogP contribution in [0.4, 0.5) is 0 Å². The van der Waals surface area contributed by atoms with Crippen LogP contribution < -0.4 is 5.32 Å². The van der Waals surface area contributed by atoms with Crippen LogP contribution in [0.5, 0.6) is 0 Å². The SMILES string of the molecule is CCCNC(Cc1ccccc1)c1ccoc1. The maximum Gasteiger partial charge on any atom is 0.0950 e. The Labute approximate surface area is 103 Å². The predicted molar refractivity (Wildman–Crippen MR) is 69.9 cm³/mol. The standard InChI is InChI=1S/C15H19NO/c1-2-9-16-15(14-8-10-17-12-14)11-13-6-4-3-5-7-13/h3-8,10,12,15-16H,2,9,11H2,1H3. The van der Waals surface area contributed by atoms with Gasteiger partial charge in [-0.25, -0.2) is 0 Å². The highest BCUT2D eigenvalue weighted by Crippen LogP contribution is 2.18. The Hall–Kier alpha value is -1.54. The highest BCUT2D eigenvalue weighted by molar-refractivity contribution is 5.20. The lowest BCUT2D eigenvalue weighted by atomic mass is 10.0. The molecule has 0 amide bonds. The monoisotopic (exact) mass is 229 g/mol. The quantitative estimate of drug-likeness (QED) is 0.819. The Morgan fingerprint density at radius 1 is 1.18 bits per heavy atom. The average Bonchev–Trinajstić information content (AvgIpc) is 2.89. The molecule has 0 saturated carbocycles. The molecule has 0 bridgehead atoms. The molecule has 1 aromatic heterocycles.